The van der Waals surface area contributed by atoms with Crippen LogP contribution >= 0.6 is 11.6 Å². The number of aliphatic carboxylic acids is 1. The van der Waals surface area contributed by atoms with Crippen LogP contribution in [0.5, 0.6) is 0 Å². The summed E-state index contributed by atoms with van der Waals surface area (Å²) in [5, 5.41) is 13.0. The average Bonchev–Trinajstić information content (AvgIpc) is 2.85. The summed E-state index contributed by atoms with van der Waals surface area (Å²) >= 11 is 5.87. The van der Waals surface area contributed by atoms with E-state index in [0.717, 1.165) is 0 Å². The Morgan fingerprint density at radius 3 is 2.71 bits per heavy atom. The molecule has 0 aliphatic heterocycles. The number of amides is 1. The first-order chi connectivity index (χ1) is 9.97. The van der Waals surface area contributed by atoms with Crippen LogP contribution in [0.4, 0.5) is 5.82 Å². The first kappa shape index (κ1) is 15.1. The molecule has 0 aliphatic carbocycles. The lowest BCUT2D eigenvalue weighted by Crippen LogP contribution is -2.33. The number of nitrogens with zero attached hydrogens (tertiary/aromatic N) is 2. The molecule has 1 aromatic heterocycles. The van der Waals surface area contributed by atoms with Crippen LogP contribution in [0.15, 0.2) is 34.9 Å². The number of aromatic nitrogens is 1. The first-order valence-corrected chi connectivity index (χ1v) is 6.57. The molecule has 0 atom stereocenters. The Morgan fingerprint density at radius 2 is 2.14 bits per heavy atom. The summed E-state index contributed by atoms with van der Waals surface area (Å²) in [6, 6.07) is 8.00. The Labute approximate surface area is 125 Å². The van der Waals surface area contributed by atoms with Gasteiger partial charge in [-0.2, -0.15) is 0 Å². The molecule has 2 rings (SSSR count). The number of hydrogen-bond acceptors (Lipinski definition) is 4. The molecular formula is C14H13ClN2O4. The number of carboxylic acids is 1. The van der Waals surface area contributed by atoms with Gasteiger partial charge in [-0.1, -0.05) is 22.8 Å². The molecular weight excluding hydrogens is 296 g/mol. The number of carbonyl (C=O) groups is 2. The molecule has 0 fully saturated rings. The van der Waals surface area contributed by atoms with Gasteiger partial charge in [-0.15, -0.1) is 0 Å². The zero-order valence-electron chi connectivity index (χ0n) is 11.2. The van der Waals surface area contributed by atoms with Crippen molar-refractivity contribution >= 4 is 29.3 Å². The molecule has 1 amide bonds. The lowest BCUT2D eigenvalue weighted by Gasteiger charge is -2.18. The van der Waals surface area contributed by atoms with Crippen molar-refractivity contribution in [1.29, 1.82) is 0 Å². The Morgan fingerprint density at radius 1 is 1.38 bits per heavy atom. The molecule has 110 valence electrons. The molecule has 0 aliphatic rings. The Hall–Kier alpha value is -2.34. The van der Waals surface area contributed by atoms with Gasteiger partial charge in [0, 0.05) is 23.2 Å². The minimum absolute atomic E-state index is 0.00729. The van der Waals surface area contributed by atoms with Gasteiger partial charge in [-0.25, -0.2) is 0 Å². The number of halogens is 1. The number of rotatable bonds is 5. The predicted octanol–water partition coefficient (Wildman–Crippen LogP) is 2.76. The molecule has 1 N–H and O–H groups in total. The Kier molecular flexibility index (Phi) is 4.59. The Balaban J connectivity index is 2.30. The smallest absolute Gasteiger partial charge is 0.305 e. The lowest BCUT2D eigenvalue weighted by molar-refractivity contribution is -0.136. The SMILES string of the molecule is Cc1cc(N(CCC(=O)O)C(=O)c2cccc(Cl)c2)no1. The molecule has 0 bridgehead atoms. The predicted molar refractivity (Wildman–Crippen MR) is 76.6 cm³/mol. The summed E-state index contributed by atoms with van der Waals surface area (Å²) in [6.07, 6.45) is -0.196. The Bertz CT molecular complexity index is 668. The van der Waals surface area contributed by atoms with Gasteiger partial charge < -0.3 is 9.63 Å². The van der Waals surface area contributed by atoms with Gasteiger partial charge in [0.25, 0.3) is 5.91 Å². The highest BCUT2D eigenvalue weighted by Gasteiger charge is 2.21. The fourth-order valence-electron chi connectivity index (χ4n) is 1.79. The lowest BCUT2D eigenvalue weighted by atomic mass is 10.2. The standard InChI is InChI=1S/C14H13ClN2O4/c1-9-7-12(16-21-9)17(6-5-13(18)19)14(20)10-3-2-4-11(15)8-10/h2-4,7-8H,5-6H2,1H3,(H,18,19). The van der Waals surface area contributed by atoms with Crippen LogP contribution in [0.1, 0.15) is 22.5 Å². The quantitative estimate of drug-likeness (QED) is 0.918. The molecule has 0 spiro atoms. The molecule has 1 heterocycles. The normalized spacial score (nSPS) is 10.4. The van der Waals surface area contributed by atoms with Crippen molar-refractivity contribution in [2.75, 3.05) is 11.4 Å². The van der Waals surface area contributed by atoms with Crippen LogP contribution in [0.2, 0.25) is 5.02 Å². The monoisotopic (exact) mass is 308 g/mol. The minimum Gasteiger partial charge on any atom is -0.481 e. The minimum atomic E-state index is -1.00. The van der Waals surface area contributed by atoms with Gasteiger partial charge in [0.05, 0.1) is 6.42 Å². The highest BCUT2D eigenvalue weighted by molar-refractivity contribution is 6.31. The van der Waals surface area contributed by atoms with Crippen molar-refractivity contribution in [3.05, 3.63) is 46.7 Å². The van der Waals surface area contributed by atoms with Crippen molar-refractivity contribution in [3.63, 3.8) is 0 Å². The van der Waals surface area contributed by atoms with Crippen LogP contribution in [-0.2, 0) is 4.79 Å². The van der Waals surface area contributed by atoms with Gasteiger partial charge in [0.1, 0.15) is 5.76 Å². The molecule has 21 heavy (non-hydrogen) atoms. The average molecular weight is 309 g/mol. The summed E-state index contributed by atoms with van der Waals surface area (Å²) in [6.45, 7) is 1.68. The van der Waals surface area contributed by atoms with Crippen LogP contribution < -0.4 is 4.90 Å². The van der Waals surface area contributed by atoms with Crippen molar-refractivity contribution < 1.29 is 19.2 Å². The third-order valence-electron chi connectivity index (χ3n) is 2.76. The zero-order chi connectivity index (χ0) is 15.4. The van der Waals surface area contributed by atoms with E-state index >= 15 is 0 Å². The van der Waals surface area contributed by atoms with E-state index in [-0.39, 0.29) is 24.7 Å². The molecule has 6 nitrogen and oxygen atoms in total. The number of anilines is 1. The van der Waals surface area contributed by atoms with E-state index in [4.69, 9.17) is 21.2 Å². The summed E-state index contributed by atoms with van der Waals surface area (Å²) in [5.74, 6) is -0.575. The molecule has 0 radical (unpaired) electrons. The van der Waals surface area contributed by atoms with Gasteiger partial charge >= 0.3 is 5.97 Å². The largest absolute Gasteiger partial charge is 0.481 e. The third-order valence-corrected chi connectivity index (χ3v) is 2.99. The maximum Gasteiger partial charge on any atom is 0.305 e. The molecule has 7 heteroatoms. The number of hydrogen-bond donors (Lipinski definition) is 1. The van der Waals surface area contributed by atoms with Crippen molar-refractivity contribution in [2.45, 2.75) is 13.3 Å². The second kappa shape index (κ2) is 6.41. The van der Waals surface area contributed by atoms with Gasteiger partial charge in [-0.3, -0.25) is 14.5 Å². The first-order valence-electron chi connectivity index (χ1n) is 6.20. The van der Waals surface area contributed by atoms with Crippen molar-refractivity contribution in [2.24, 2.45) is 0 Å². The second-order valence-electron chi connectivity index (χ2n) is 4.41. The van der Waals surface area contributed by atoms with E-state index in [1.165, 1.54) is 11.0 Å². The number of aryl methyl sites for hydroxylation is 1. The van der Waals surface area contributed by atoms with Gasteiger partial charge in [0.2, 0.25) is 0 Å². The summed E-state index contributed by atoms with van der Waals surface area (Å²) in [4.78, 5) is 24.5. The van der Waals surface area contributed by atoms with Crippen LogP contribution in [-0.4, -0.2) is 28.7 Å². The summed E-state index contributed by atoms with van der Waals surface area (Å²) in [7, 11) is 0. The molecule has 1 aromatic carbocycles. The van der Waals surface area contributed by atoms with E-state index < -0.39 is 5.97 Å². The highest BCUT2D eigenvalue weighted by Crippen LogP contribution is 2.19. The molecule has 0 saturated heterocycles. The van der Waals surface area contributed by atoms with E-state index in [1.807, 2.05) is 0 Å². The molecule has 2 aromatic rings. The molecule has 0 saturated carbocycles. The fourth-order valence-corrected chi connectivity index (χ4v) is 1.98. The van der Waals surface area contributed by atoms with Gasteiger partial charge in [-0.05, 0) is 25.1 Å². The zero-order valence-corrected chi connectivity index (χ0v) is 12.0. The van der Waals surface area contributed by atoms with E-state index in [0.29, 0.717) is 16.3 Å². The molecule has 0 unspecified atom stereocenters. The highest BCUT2D eigenvalue weighted by atomic mass is 35.5. The van der Waals surface area contributed by atoms with Gasteiger partial charge in [0.15, 0.2) is 5.82 Å². The van der Waals surface area contributed by atoms with Crippen LogP contribution in [0.25, 0.3) is 0 Å². The van der Waals surface area contributed by atoms with E-state index in [9.17, 15) is 9.59 Å². The summed E-state index contributed by atoms with van der Waals surface area (Å²) < 4.78 is 4.94. The maximum absolute atomic E-state index is 12.5. The van der Waals surface area contributed by atoms with E-state index in [2.05, 4.69) is 5.16 Å². The van der Waals surface area contributed by atoms with Crippen molar-refractivity contribution in [1.82, 2.24) is 5.16 Å². The van der Waals surface area contributed by atoms with Crippen LogP contribution in [0, 0.1) is 6.92 Å². The topological polar surface area (TPSA) is 83.6 Å². The number of carboxylic acid groups (broad SMARTS) is 1. The second-order valence-corrected chi connectivity index (χ2v) is 4.84. The van der Waals surface area contributed by atoms with E-state index in [1.54, 1.807) is 31.2 Å². The summed E-state index contributed by atoms with van der Waals surface area (Å²) in [5.41, 5.74) is 0.355. The maximum atomic E-state index is 12.5. The number of benzene rings is 1. The fraction of sp³-hybridized carbons (Fsp3) is 0.214. The third kappa shape index (κ3) is 3.82. The van der Waals surface area contributed by atoms with Crippen LogP contribution in [0.3, 0.4) is 0 Å². The van der Waals surface area contributed by atoms with Crippen molar-refractivity contribution in [3.8, 4) is 0 Å². The number of carbonyl (C=O) groups excluding carboxylic acids is 1.